The highest BCUT2D eigenvalue weighted by Crippen LogP contribution is 2.42. The van der Waals surface area contributed by atoms with Crippen molar-refractivity contribution in [1.29, 1.82) is 0 Å². The summed E-state index contributed by atoms with van der Waals surface area (Å²) in [4.78, 5) is 13.7. The molecular formula is C18H21N5O3. The Hall–Kier alpha value is -3.07. The molecule has 0 fully saturated rings. The second-order valence-corrected chi connectivity index (χ2v) is 6.03. The lowest BCUT2D eigenvalue weighted by Crippen LogP contribution is -2.47. The Morgan fingerprint density at radius 3 is 2.50 bits per heavy atom. The van der Waals surface area contributed by atoms with Crippen molar-refractivity contribution < 1.29 is 14.6 Å². The molecule has 2 aromatic rings. The van der Waals surface area contributed by atoms with E-state index in [1.54, 1.807) is 24.3 Å². The fourth-order valence-corrected chi connectivity index (χ4v) is 2.71. The number of benzene rings is 2. The summed E-state index contributed by atoms with van der Waals surface area (Å²) < 4.78 is 5.98. The van der Waals surface area contributed by atoms with Crippen LogP contribution in [-0.4, -0.2) is 25.2 Å². The Morgan fingerprint density at radius 2 is 1.88 bits per heavy atom. The number of carbonyl (C=O) groups is 1. The van der Waals surface area contributed by atoms with Gasteiger partial charge in [0.15, 0.2) is 5.75 Å². The minimum absolute atomic E-state index is 0.292. The normalized spacial score (nSPS) is 15.4. The maximum Gasteiger partial charge on any atom is 0.350 e. The van der Waals surface area contributed by atoms with Gasteiger partial charge in [0.2, 0.25) is 0 Å². The SMILES string of the molecule is CN(C)c1ccc(C2=CC(O)c3cccc(N(N)C(=O)NN)c3O2)cc1. The largest absolute Gasteiger partial charge is 0.454 e. The quantitative estimate of drug-likeness (QED) is 0.376. The van der Waals surface area contributed by atoms with Crippen molar-refractivity contribution in [3.8, 4) is 5.75 Å². The number of rotatable bonds is 3. The lowest BCUT2D eigenvalue weighted by Gasteiger charge is -2.27. The average Bonchev–Trinajstić information content (AvgIpc) is 2.66. The molecule has 2 aromatic carbocycles. The predicted molar refractivity (Wildman–Crippen MR) is 100 cm³/mol. The van der Waals surface area contributed by atoms with E-state index < -0.39 is 12.1 Å². The highest BCUT2D eigenvalue weighted by Gasteiger charge is 2.26. The number of aliphatic hydroxyl groups is 1. The third-order valence-corrected chi connectivity index (χ3v) is 4.13. The Morgan fingerprint density at radius 1 is 1.19 bits per heavy atom. The van der Waals surface area contributed by atoms with Crippen molar-refractivity contribution in [2.24, 2.45) is 11.7 Å². The van der Waals surface area contributed by atoms with E-state index in [4.69, 9.17) is 16.4 Å². The molecule has 0 aromatic heterocycles. The molecule has 6 N–H and O–H groups in total. The molecule has 1 unspecified atom stereocenters. The van der Waals surface area contributed by atoms with Gasteiger partial charge in [-0.15, -0.1) is 0 Å². The summed E-state index contributed by atoms with van der Waals surface area (Å²) in [5, 5.41) is 11.3. The molecule has 0 spiro atoms. The summed E-state index contributed by atoms with van der Waals surface area (Å²) in [5.41, 5.74) is 4.60. The highest BCUT2D eigenvalue weighted by molar-refractivity contribution is 5.93. The number of aliphatic hydroxyl groups excluding tert-OH is 1. The monoisotopic (exact) mass is 355 g/mol. The van der Waals surface area contributed by atoms with Gasteiger partial charge in [0, 0.05) is 30.9 Å². The van der Waals surface area contributed by atoms with Gasteiger partial charge in [-0.2, -0.15) is 0 Å². The van der Waals surface area contributed by atoms with Crippen LogP contribution in [0.3, 0.4) is 0 Å². The van der Waals surface area contributed by atoms with Gasteiger partial charge in [0.05, 0.1) is 0 Å². The first-order chi connectivity index (χ1) is 12.4. The Kier molecular flexibility index (Phi) is 4.81. The van der Waals surface area contributed by atoms with Crippen LogP contribution in [0.2, 0.25) is 0 Å². The van der Waals surface area contributed by atoms with E-state index in [0.29, 0.717) is 22.8 Å². The summed E-state index contributed by atoms with van der Waals surface area (Å²) in [6, 6.07) is 12.0. The molecule has 0 bridgehead atoms. The molecule has 136 valence electrons. The van der Waals surface area contributed by atoms with Crippen molar-refractivity contribution in [2.75, 3.05) is 24.0 Å². The number of nitrogens with zero attached hydrogens (tertiary/aromatic N) is 2. The number of hydrazine groups is 2. The van der Waals surface area contributed by atoms with Crippen molar-refractivity contribution in [1.82, 2.24) is 5.43 Å². The lowest BCUT2D eigenvalue weighted by molar-refractivity contribution is 0.217. The van der Waals surface area contributed by atoms with Crippen molar-refractivity contribution >= 4 is 23.2 Å². The number of fused-ring (bicyclic) bond motifs is 1. The summed E-state index contributed by atoms with van der Waals surface area (Å²) in [6.07, 6.45) is 0.720. The van der Waals surface area contributed by atoms with Crippen LogP contribution in [0.1, 0.15) is 17.2 Å². The minimum atomic E-state index is -0.892. The summed E-state index contributed by atoms with van der Waals surface area (Å²) in [5.74, 6) is 11.7. The first kappa shape index (κ1) is 17.7. The van der Waals surface area contributed by atoms with Crippen LogP contribution in [0, 0.1) is 0 Å². The zero-order valence-corrected chi connectivity index (χ0v) is 14.5. The second-order valence-electron chi connectivity index (χ2n) is 6.03. The van der Waals surface area contributed by atoms with Crippen LogP contribution in [-0.2, 0) is 0 Å². The predicted octanol–water partition coefficient (Wildman–Crippen LogP) is 1.48. The minimum Gasteiger partial charge on any atom is -0.454 e. The maximum absolute atomic E-state index is 11.8. The number of para-hydroxylation sites is 1. The molecule has 1 aliphatic rings. The van der Waals surface area contributed by atoms with Gasteiger partial charge < -0.3 is 14.7 Å². The number of urea groups is 1. The van der Waals surface area contributed by atoms with Gasteiger partial charge in [-0.1, -0.05) is 12.1 Å². The van der Waals surface area contributed by atoms with E-state index in [0.717, 1.165) is 16.3 Å². The molecule has 1 aliphatic heterocycles. The van der Waals surface area contributed by atoms with Crippen LogP contribution in [0.5, 0.6) is 5.75 Å². The molecule has 0 saturated carbocycles. The molecule has 3 rings (SSSR count). The topological polar surface area (TPSA) is 117 Å². The lowest BCUT2D eigenvalue weighted by atomic mass is 10.0. The fraction of sp³-hybridized carbons (Fsp3) is 0.167. The molecule has 1 heterocycles. The van der Waals surface area contributed by atoms with Crippen molar-refractivity contribution in [3.05, 3.63) is 59.7 Å². The van der Waals surface area contributed by atoms with Crippen molar-refractivity contribution in [3.63, 3.8) is 0 Å². The highest BCUT2D eigenvalue weighted by atomic mass is 16.5. The van der Waals surface area contributed by atoms with Gasteiger partial charge in [-0.05, 0) is 36.4 Å². The zero-order chi connectivity index (χ0) is 18.8. The molecule has 8 nitrogen and oxygen atoms in total. The Labute approximate surface area is 151 Å². The van der Waals surface area contributed by atoms with Gasteiger partial charge in [0.1, 0.15) is 17.6 Å². The third-order valence-electron chi connectivity index (χ3n) is 4.13. The Balaban J connectivity index is 1.98. The molecule has 2 amide bonds. The van der Waals surface area contributed by atoms with Crippen LogP contribution < -0.4 is 31.8 Å². The fourth-order valence-electron chi connectivity index (χ4n) is 2.71. The number of hydrogen-bond acceptors (Lipinski definition) is 6. The standard InChI is InChI=1S/C18H21N5O3/c1-22(2)12-8-6-11(7-9-12)16-10-15(24)13-4-3-5-14(17(13)26-16)23(20)18(25)21-19/h3-10,15,24H,19-20H2,1-2H3,(H,21,25). The van der Waals surface area contributed by atoms with Crippen LogP contribution in [0.4, 0.5) is 16.2 Å². The van der Waals surface area contributed by atoms with Gasteiger partial charge in [0.25, 0.3) is 0 Å². The van der Waals surface area contributed by atoms with Gasteiger partial charge >= 0.3 is 6.03 Å². The second kappa shape index (κ2) is 7.04. The zero-order valence-electron chi connectivity index (χ0n) is 14.5. The number of anilines is 2. The van der Waals surface area contributed by atoms with E-state index in [2.05, 4.69) is 0 Å². The number of carbonyl (C=O) groups excluding carboxylic acids is 1. The molecule has 1 atom stereocenters. The number of ether oxygens (including phenoxy) is 1. The number of hydrogen-bond donors (Lipinski definition) is 4. The summed E-state index contributed by atoms with van der Waals surface area (Å²) >= 11 is 0. The number of nitrogens with one attached hydrogen (secondary N) is 1. The number of amides is 2. The van der Waals surface area contributed by atoms with E-state index in [-0.39, 0.29) is 0 Å². The van der Waals surface area contributed by atoms with E-state index in [1.165, 1.54) is 0 Å². The molecule has 0 aliphatic carbocycles. The number of nitrogens with two attached hydrogens (primary N) is 2. The summed E-state index contributed by atoms with van der Waals surface area (Å²) in [7, 11) is 3.91. The smallest absolute Gasteiger partial charge is 0.350 e. The van der Waals surface area contributed by atoms with Gasteiger partial charge in [-0.25, -0.2) is 21.5 Å². The van der Waals surface area contributed by atoms with E-state index in [1.807, 2.05) is 48.7 Å². The van der Waals surface area contributed by atoms with Crippen LogP contribution in [0.15, 0.2) is 48.5 Å². The van der Waals surface area contributed by atoms with E-state index >= 15 is 0 Å². The van der Waals surface area contributed by atoms with E-state index in [9.17, 15) is 9.90 Å². The van der Waals surface area contributed by atoms with Crippen LogP contribution >= 0.6 is 0 Å². The average molecular weight is 355 g/mol. The first-order valence-corrected chi connectivity index (χ1v) is 7.96. The molecule has 26 heavy (non-hydrogen) atoms. The molecule has 0 saturated heterocycles. The van der Waals surface area contributed by atoms with Crippen LogP contribution in [0.25, 0.3) is 5.76 Å². The first-order valence-electron chi connectivity index (χ1n) is 7.96. The van der Waals surface area contributed by atoms with Crippen molar-refractivity contribution in [2.45, 2.75) is 6.10 Å². The van der Waals surface area contributed by atoms with Gasteiger partial charge in [-0.3, -0.25) is 5.43 Å². The third kappa shape index (κ3) is 3.21. The molecular weight excluding hydrogens is 334 g/mol. The molecule has 8 heteroatoms. The summed E-state index contributed by atoms with van der Waals surface area (Å²) in [6.45, 7) is 0. The molecule has 0 radical (unpaired) electrons. The maximum atomic E-state index is 11.8. The Bertz CT molecular complexity index is 848.